The molecule has 7 nitrogen and oxygen atoms in total. The fourth-order valence-electron chi connectivity index (χ4n) is 2.03. The Bertz CT molecular complexity index is 680. The van der Waals surface area contributed by atoms with E-state index in [0.717, 1.165) is 18.7 Å². The van der Waals surface area contributed by atoms with Crippen molar-refractivity contribution in [3.8, 4) is 11.3 Å². The monoisotopic (exact) mass is 334 g/mol. The average molecular weight is 334 g/mol. The third-order valence-corrected chi connectivity index (χ3v) is 4.14. The van der Waals surface area contributed by atoms with Crippen molar-refractivity contribution in [3.63, 3.8) is 0 Å². The number of aromatic nitrogens is 1. The Hall–Kier alpha value is -2.32. The molecule has 1 aromatic carbocycles. The highest BCUT2D eigenvalue weighted by molar-refractivity contribution is 7.14. The number of likely N-dealkylation sites (N-methyl/N-ethyl adjacent to an activating group) is 1. The molecule has 2 aromatic rings. The van der Waals surface area contributed by atoms with Gasteiger partial charge in [0.1, 0.15) is 0 Å². The van der Waals surface area contributed by atoms with Gasteiger partial charge < -0.3 is 5.32 Å². The predicted octanol–water partition coefficient (Wildman–Crippen LogP) is 3.00. The second kappa shape index (κ2) is 7.80. The number of hydrogen-bond acceptors (Lipinski definition) is 6. The minimum atomic E-state index is -0.441. The number of nitrogens with zero attached hydrogens (tertiary/aromatic N) is 3. The highest BCUT2D eigenvalue weighted by Gasteiger charge is 2.11. The summed E-state index contributed by atoms with van der Waals surface area (Å²) in [6, 6.07) is 6.17. The van der Waals surface area contributed by atoms with Crippen LogP contribution in [0.25, 0.3) is 11.3 Å². The first-order chi connectivity index (χ1) is 11.0. The van der Waals surface area contributed by atoms with Gasteiger partial charge in [-0.05, 0) is 25.2 Å². The Morgan fingerprint density at radius 1 is 1.30 bits per heavy atom. The van der Waals surface area contributed by atoms with Gasteiger partial charge in [0.25, 0.3) is 5.69 Å². The highest BCUT2D eigenvalue weighted by atomic mass is 32.1. The van der Waals surface area contributed by atoms with Gasteiger partial charge in [-0.1, -0.05) is 13.8 Å². The van der Waals surface area contributed by atoms with Crippen LogP contribution >= 0.6 is 11.3 Å². The number of benzene rings is 1. The maximum atomic E-state index is 11.9. The van der Waals surface area contributed by atoms with E-state index in [-0.39, 0.29) is 11.6 Å². The minimum absolute atomic E-state index is 0.0386. The molecule has 0 bridgehead atoms. The number of carbonyl (C=O) groups is 1. The van der Waals surface area contributed by atoms with Crippen LogP contribution in [0.15, 0.2) is 29.6 Å². The largest absolute Gasteiger partial charge is 0.301 e. The molecule has 0 aliphatic carbocycles. The number of nitro groups is 1. The normalized spacial score (nSPS) is 10.7. The summed E-state index contributed by atoms with van der Waals surface area (Å²) < 4.78 is 0. The Morgan fingerprint density at radius 2 is 1.96 bits per heavy atom. The molecule has 0 aliphatic rings. The lowest BCUT2D eigenvalue weighted by Crippen LogP contribution is -2.32. The molecule has 1 heterocycles. The molecule has 23 heavy (non-hydrogen) atoms. The molecule has 1 amide bonds. The van der Waals surface area contributed by atoms with Crippen molar-refractivity contribution in [2.24, 2.45) is 0 Å². The number of non-ortho nitro benzene ring substituents is 1. The fourth-order valence-corrected chi connectivity index (χ4v) is 2.76. The molecule has 0 saturated heterocycles. The van der Waals surface area contributed by atoms with Gasteiger partial charge in [-0.25, -0.2) is 4.98 Å². The fraction of sp³-hybridized carbons (Fsp3) is 0.333. The second-order valence-electron chi connectivity index (χ2n) is 4.85. The molecule has 0 radical (unpaired) electrons. The first kappa shape index (κ1) is 17.0. The van der Waals surface area contributed by atoms with Crippen LogP contribution < -0.4 is 5.32 Å². The zero-order valence-electron chi connectivity index (χ0n) is 13.0. The molecule has 0 aliphatic heterocycles. The number of carbonyl (C=O) groups excluding carboxylic acids is 1. The molecular formula is C15H18N4O3S. The molecular weight excluding hydrogens is 316 g/mol. The Balaban J connectivity index is 2.02. The number of nitro benzene ring substituents is 1. The molecule has 0 saturated carbocycles. The third-order valence-electron chi connectivity index (χ3n) is 3.39. The molecule has 8 heteroatoms. The first-order valence-electron chi connectivity index (χ1n) is 7.26. The summed E-state index contributed by atoms with van der Waals surface area (Å²) in [6.45, 7) is 5.98. The summed E-state index contributed by atoms with van der Waals surface area (Å²) in [6.07, 6.45) is 0. The number of hydrogen-bond donors (Lipinski definition) is 1. The van der Waals surface area contributed by atoms with Crippen LogP contribution in [0.3, 0.4) is 0 Å². The van der Waals surface area contributed by atoms with E-state index in [1.165, 1.54) is 23.5 Å². The van der Waals surface area contributed by atoms with Crippen LogP contribution in [0.4, 0.5) is 10.8 Å². The van der Waals surface area contributed by atoms with Crippen molar-refractivity contribution in [2.75, 3.05) is 25.0 Å². The van der Waals surface area contributed by atoms with Gasteiger partial charge in [-0.15, -0.1) is 11.3 Å². The Labute approximate surface area is 138 Å². The Morgan fingerprint density at radius 3 is 2.52 bits per heavy atom. The smallest absolute Gasteiger partial charge is 0.269 e. The van der Waals surface area contributed by atoms with Crippen molar-refractivity contribution in [2.45, 2.75) is 13.8 Å². The maximum Gasteiger partial charge on any atom is 0.269 e. The van der Waals surface area contributed by atoms with Gasteiger partial charge in [0.15, 0.2) is 5.13 Å². The molecule has 0 atom stereocenters. The van der Waals surface area contributed by atoms with Crippen LogP contribution in [-0.2, 0) is 4.79 Å². The molecule has 0 unspecified atom stereocenters. The van der Waals surface area contributed by atoms with Gasteiger partial charge in [0.05, 0.1) is 17.2 Å². The van der Waals surface area contributed by atoms with E-state index in [2.05, 4.69) is 10.3 Å². The highest BCUT2D eigenvalue weighted by Crippen LogP contribution is 2.26. The average Bonchev–Trinajstić information content (AvgIpc) is 3.01. The standard InChI is InChI=1S/C15H18N4O3S/c1-3-18(4-2)9-14(20)17-15-16-13(10-23-15)11-5-7-12(8-6-11)19(21)22/h5-8,10H,3-4,9H2,1-2H3,(H,16,17,20). The van der Waals surface area contributed by atoms with Gasteiger partial charge in [-0.2, -0.15) is 0 Å². The van der Waals surface area contributed by atoms with E-state index in [4.69, 9.17) is 0 Å². The number of anilines is 1. The van der Waals surface area contributed by atoms with Gasteiger partial charge in [0, 0.05) is 23.1 Å². The number of thiazole rings is 1. The summed E-state index contributed by atoms with van der Waals surface area (Å²) in [5.74, 6) is -0.0988. The zero-order valence-corrected chi connectivity index (χ0v) is 13.8. The van der Waals surface area contributed by atoms with E-state index in [1.807, 2.05) is 24.1 Å². The van der Waals surface area contributed by atoms with Crippen molar-refractivity contribution < 1.29 is 9.72 Å². The Kier molecular flexibility index (Phi) is 5.78. The van der Waals surface area contributed by atoms with Crippen molar-refractivity contribution in [1.29, 1.82) is 0 Å². The molecule has 1 N–H and O–H groups in total. The molecule has 1 aromatic heterocycles. The van der Waals surface area contributed by atoms with Crippen LogP contribution in [-0.4, -0.2) is 40.3 Å². The number of rotatable bonds is 7. The number of nitrogens with one attached hydrogen (secondary N) is 1. The SMILES string of the molecule is CCN(CC)CC(=O)Nc1nc(-c2ccc([N+](=O)[O-])cc2)cs1. The van der Waals surface area contributed by atoms with E-state index < -0.39 is 4.92 Å². The van der Waals surface area contributed by atoms with Crippen LogP contribution in [0.2, 0.25) is 0 Å². The predicted molar refractivity (Wildman–Crippen MR) is 90.6 cm³/mol. The summed E-state index contributed by atoms with van der Waals surface area (Å²) in [7, 11) is 0. The number of amides is 1. The van der Waals surface area contributed by atoms with Crippen molar-refractivity contribution >= 4 is 28.1 Å². The lowest BCUT2D eigenvalue weighted by molar-refractivity contribution is -0.384. The van der Waals surface area contributed by atoms with Gasteiger partial charge >= 0.3 is 0 Å². The van der Waals surface area contributed by atoms with Crippen LogP contribution in [0.1, 0.15) is 13.8 Å². The first-order valence-corrected chi connectivity index (χ1v) is 8.14. The van der Waals surface area contributed by atoms with E-state index >= 15 is 0 Å². The lowest BCUT2D eigenvalue weighted by atomic mass is 10.1. The van der Waals surface area contributed by atoms with Gasteiger partial charge in [-0.3, -0.25) is 19.8 Å². The summed E-state index contributed by atoms with van der Waals surface area (Å²) in [4.78, 5) is 28.5. The van der Waals surface area contributed by atoms with Crippen LogP contribution in [0.5, 0.6) is 0 Å². The summed E-state index contributed by atoms with van der Waals surface area (Å²) >= 11 is 1.33. The van der Waals surface area contributed by atoms with Crippen molar-refractivity contribution in [3.05, 3.63) is 39.8 Å². The third kappa shape index (κ3) is 4.57. The molecule has 0 fully saturated rings. The minimum Gasteiger partial charge on any atom is -0.301 e. The summed E-state index contributed by atoms with van der Waals surface area (Å²) in [5.41, 5.74) is 1.50. The zero-order chi connectivity index (χ0) is 16.8. The summed E-state index contributed by atoms with van der Waals surface area (Å²) in [5, 5.41) is 15.8. The molecule has 0 spiro atoms. The molecule has 122 valence electrons. The lowest BCUT2D eigenvalue weighted by Gasteiger charge is -2.16. The van der Waals surface area contributed by atoms with Gasteiger partial charge in [0.2, 0.25) is 5.91 Å². The van der Waals surface area contributed by atoms with Crippen molar-refractivity contribution in [1.82, 2.24) is 9.88 Å². The van der Waals surface area contributed by atoms with E-state index in [0.29, 0.717) is 17.4 Å². The van der Waals surface area contributed by atoms with Crippen LogP contribution in [0, 0.1) is 10.1 Å². The molecule has 2 rings (SSSR count). The second-order valence-corrected chi connectivity index (χ2v) is 5.71. The quantitative estimate of drug-likeness (QED) is 0.621. The topological polar surface area (TPSA) is 88.4 Å². The maximum absolute atomic E-state index is 11.9. The van der Waals surface area contributed by atoms with E-state index in [9.17, 15) is 14.9 Å². The van der Waals surface area contributed by atoms with E-state index in [1.54, 1.807) is 12.1 Å².